The number of amides is 2. The van der Waals surface area contributed by atoms with Crippen LogP contribution in [0.1, 0.15) is 21.6 Å². The number of carbonyl (C=O) groups is 2. The molecule has 1 aliphatic heterocycles. The predicted molar refractivity (Wildman–Crippen MR) is 145 cm³/mol. The minimum atomic E-state index is -3.38. The van der Waals surface area contributed by atoms with E-state index in [2.05, 4.69) is 4.98 Å². The molecule has 1 aliphatic rings. The monoisotopic (exact) mass is 531 g/mol. The molecule has 1 atom stereocenters. The fourth-order valence-electron chi connectivity index (χ4n) is 4.90. The normalized spacial score (nSPS) is 16.2. The summed E-state index contributed by atoms with van der Waals surface area (Å²) in [6.45, 7) is 0.548. The number of rotatable bonds is 7. The smallest absolute Gasteiger partial charge is 0.270 e. The summed E-state index contributed by atoms with van der Waals surface area (Å²) in [7, 11) is -1.78. The molecule has 38 heavy (non-hydrogen) atoms. The molecule has 0 radical (unpaired) electrons. The number of sulfone groups is 1. The molecule has 2 amide bonds. The molecule has 3 aromatic carbocycles. The maximum absolute atomic E-state index is 13.5. The number of fused-ring (bicyclic) bond motifs is 1. The van der Waals surface area contributed by atoms with Crippen molar-refractivity contribution in [3.05, 3.63) is 95.7 Å². The molecule has 2 heterocycles. The first kappa shape index (κ1) is 25.5. The Bertz CT molecular complexity index is 1600. The van der Waals surface area contributed by atoms with Crippen LogP contribution in [0.25, 0.3) is 10.9 Å². The van der Waals surface area contributed by atoms with Crippen molar-refractivity contribution in [1.82, 2.24) is 14.8 Å². The third kappa shape index (κ3) is 5.43. The van der Waals surface area contributed by atoms with E-state index >= 15 is 0 Å². The van der Waals surface area contributed by atoms with Crippen LogP contribution in [-0.2, 0) is 27.6 Å². The van der Waals surface area contributed by atoms with E-state index in [1.165, 1.54) is 6.26 Å². The number of piperazine rings is 1. The van der Waals surface area contributed by atoms with Crippen molar-refractivity contribution in [2.45, 2.75) is 23.9 Å². The molecular weight excluding hydrogens is 502 g/mol. The van der Waals surface area contributed by atoms with Gasteiger partial charge >= 0.3 is 0 Å². The quantitative estimate of drug-likeness (QED) is 0.392. The average molecular weight is 532 g/mol. The van der Waals surface area contributed by atoms with E-state index in [9.17, 15) is 18.0 Å². The highest BCUT2D eigenvalue weighted by atomic mass is 32.2. The van der Waals surface area contributed by atoms with Gasteiger partial charge in [-0.2, -0.15) is 0 Å². The van der Waals surface area contributed by atoms with Crippen LogP contribution >= 0.6 is 0 Å². The van der Waals surface area contributed by atoms with Gasteiger partial charge in [0.05, 0.1) is 18.0 Å². The van der Waals surface area contributed by atoms with Gasteiger partial charge in [0.25, 0.3) is 5.91 Å². The van der Waals surface area contributed by atoms with E-state index in [4.69, 9.17) is 4.74 Å². The summed E-state index contributed by atoms with van der Waals surface area (Å²) in [5, 5.41) is 0.851. The Labute approximate surface area is 221 Å². The second kappa shape index (κ2) is 10.3. The molecule has 196 valence electrons. The van der Waals surface area contributed by atoms with Crippen LogP contribution in [0.3, 0.4) is 0 Å². The number of H-pyrrole nitrogens is 1. The van der Waals surface area contributed by atoms with Gasteiger partial charge in [-0.15, -0.1) is 0 Å². The fourth-order valence-corrected chi connectivity index (χ4v) is 5.59. The summed E-state index contributed by atoms with van der Waals surface area (Å²) in [6.07, 6.45) is 1.73. The third-order valence-corrected chi connectivity index (χ3v) is 7.97. The van der Waals surface area contributed by atoms with Crippen molar-refractivity contribution in [3.63, 3.8) is 0 Å². The first-order chi connectivity index (χ1) is 18.2. The number of hydrogen-bond donors (Lipinski definition) is 1. The van der Waals surface area contributed by atoms with E-state index < -0.39 is 9.84 Å². The Kier molecular flexibility index (Phi) is 6.94. The molecule has 8 nitrogen and oxygen atoms in total. The summed E-state index contributed by atoms with van der Waals surface area (Å²) < 4.78 is 29.4. The van der Waals surface area contributed by atoms with Crippen molar-refractivity contribution >= 4 is 32.6 Å². The van der Waals surface area contributed by atoms with Crippen LogP contribution in [-0.4, -0.2) is 67.5 Å². The molecular formula is C29H29N3O5S. The van der Waals surface area contributed by atoms with Gasteiger partial charge < -0.3 is 19.5 Å². The van der Waals surface area contributed by atoms with E-state index in [0.717, 1.165) is 22.0 Å². The van der Waals surface area contributed by atoms with Crippen molar-refractivity contribution in [2.75, 3.05) is 26.5 Å². The number of methoxy groups -OCH3 is 1. The van der Waals surface area contributed by atoms with Gasteiger partial charge in [-0.25, -0.2) is 8.42 Å². The van der Waals surface area contributed by atoms with Gasteiger partial charge in [0.15, 0.2) is 9.84 Å². The van der Waals surface area contributed by atoms with Crippen LogP contribution in [0.2, 0.25) is 0 Å². The van der Waals surface area contributed by atoms with Gasteiger partial charge in [-0.1, -0.05) is 42.5 Å². The zero-order valence-electron chi connectivity index (χ0n) is 21.3. The minimum absolute atomic E-state index is 0.0609. The number of aromatic nitrogens is 1. The number of aromatic amines is 1. The van der Waals surface area contributed by atoms with Gasteiger partial charge in [-0.05, 0) is 53.9 Å². The fraction of sp³-hybridized carbons (Fsp3) is 0.241. The summed E-state index contributed by atoms with van der Waals surface area (Å²) in [5.74, 6) is 0.264. The molecule has 1 aromatic heterocycles. The first-order valence-corrected chi connectivity index (χ1v) is 14.2. The highest BCUT2D eigenvalue weighted by Gasteiger charge is 2.35. The Morgan fingerprint density at radius 3 is 2.50 bits per heavy atom. The van der Waals surface area contributed by atoms with Gasteiger partial charge in [0, 0.05) is 30.2 Å². The van der Waals surface area contributed by atoms with Crippen LogP contribution in [0.15, 0.2) is 83.8 Å². The molecule has 0 bridgehead atoms. The Morgan fingerprint density at radius 2 is 1.76 bits per heavy atom. The van der Waals surface area contributed by atoms with Crippen LogP contribution in [0.5, 0.6) is 5.75 Å². The molecule has 4 aromatic rings. The summed E-state index contributed by atoms with van der Waals surface area (Å²) in [6, 6.07) is 23.5. The molecule has 1 fully saturated rings. The second-order valence-corrected chi connectivity index (χ2v) is 11.6. The van der Waals surface area contributed by atoms with E-state index in [-0.39, 0.29) is 35.8 Å². The molecule has 0 saturated carbocycles. The molecule has 0 aliphatic carbocycles. The highest BCUT2D eigenvalue weighted by molar-refractivity contribution is 7.90. The van der Waals surface area contributed by atoms with Crippen molar-refractivity contribution < 1.29 is 22.7 Å². The SMILES string of the molecule is COc1ccc2[nH]c(C(=O)N3CC(=O)N(Cc4cccc(S(C)(=O)=O)c4)[C@@H](Cc4ccccc4)C3)cc2c1. The number of ether oxygens (including phenoxy) is 1. The molecule has 1 saturated heterocycles. The Morgan fingerprint density at radius 1 is 1.00 bits per heavy atom. The van der Waals surface area contributed by atoms with Crippen LogP contribution in [0.4, 0.5) is 0 Å². The van der Waals surface area contributed by atoms with E-state index in [0.29, 0.717) is 24.4 Å². The summed E-state index contributed by atoms with van der Waals surface area (Å²) in [4.78, 5) is 33.7. The minimum Gasteiger partial charge on any atom is -0.497 e. The number of hydrogen-bond acceptors (Lipinski definition) is 5. The lowest BCUT2D eigenvalue weighted by molar-refractivity contribution is -0.139. The number of nitrogens with one attached hydrogen (secondary N) is 1. The van der Waals surface area contributed by atoms with Gasteiger partial charge in [-0.3, -0.25) is 9.59 Å². The van der Waals surface area contributed by atoms with Crippen LogP contribution in [0, 0.1) is 0 Å². The molecule has 1 N–H and O–H groups in total. The number of nitrogens with zero attached hydrogens (tertiary/aromatic N) is 2. The van der Waals surface area contributed by atoms with Gasteiger partial charge in [0.1, 0.15) is 18.0 Å². The summed E-state index contributed by atoms with van der Waals surface area (Å²) in [5.41, 5.74) is 3.00. The Balaban J connectivity index is 1.42. The van der Waals surface area contributed by atoms with Crippen molar-refractivity contribution in [2.24, 2.45) is 0 Å². The Hall–Kier alpha value is -4.11. The molecule has 9 heteroatoms. The third-order valence-electron chi connectivity index (χ3n) is 6.86. The zero-order chi connectivity index (χ0) is 26.9. The molecule has 0 spiro atoms. The van der Waals surface area contributed by atoms with Gasteiger partial charge in [0.2, 0.25) is 5.91 Å². The maximum Gasteiger partial charge on any atom is 0.270 e. The lowest BCUT2D eigenvalue weighted by Gasteiger charge is -2.41. The van der Waals surface area contributed by atoms with Crippen molar-refractivity contribution in [3.8, 4) is 5.75 Å². The second-order valence-electron chi connectivity index (χ2n) is 9.61. The maximum atomic E-state index is 13.5. The predicted octanol–water partition coefficient (Wildman–Crippen LogP) is 3.68. The lowest BCUT2D eigenvalue weighted by atomic mass is 10.0. The van der Waals surface area contributed by atoms with E-state index in [1.807, 2.05) is 54.6 Å². The molecule has 0 unspecified atom stereocenters. The first-order valence-electron chi connectivity index (χ1n) is 12.3. The lowest BCUT2D eigenvalue weighted by Crippen LogP contribution is -2.58. The summed E-state index contributed by atoms with van der Waals surface area (Å²) >= 11 is 0. The zero-order valence-corrected chi connectivity index (χ0v) is 22.1. The van der Waals surface area contributed by atoms with E-state index in [1.54, 1.807) is 41.2 Å². The number of carbonyl (C=O) groups excluding carboxylic acids is 2. The average Bonchev–Trinajstić information content (AvgIpc) is 3.33. The topological polar surface area (TPSA) is 99.8 Å². The van der Waals surface area contributed by atoms with Crippen molar-refractivity contribution in [1.29, 1.82) is 0 Å². The molecule has 5 rings (SSSR count). The van der Waals surface area contributed by atoms with Crippen LogP contribution < -0.4 is 4.74 Å². The largest absolute Gasteiger partial charge is 0.497 e. The number of benzene rings is 3. The standard InChI is InChI=1S/C29H29N3O5S/c1-37-24-11-12-26-22(15-24)16-27(30-26)29(34)31-18-23(13-20-7-4-3-5-8-20)32(28(33)19-31)17-21-9-6-10-25(14-21)38(2,35)36/h3-12,14-16,23,30H,13,17-19H2,1-2H3/t23-/m0/s1. The highest BCUT2D eigenvalue weighted by Crippen LogP contribution is 2.25.